The van der Waals surface area contributed by atoms with Crippen LogP contribution >= 0.6 is 0 Å². The summed E-state index contributed by atoms with van der Waals surface area (Å²) in [6.07, 6.45) is 2.85. The van der Waals surface area contributed by atoms with E-state index in [2.05, 4.69) is 19.1 Å². The third-order valence-electron chi connectivity index (χ3n) is 5.02. The highest BCUT2D eigenvalue weighted by molar-refractivity contribution is 5.82. The first kappa shape index (κ1) is 17.0. The van der Waals surface area contributed by atoms with Gasteiger partial charge in [0.2, 0.25) is 5.91 Å². The molecule has 2 heterocycles. The summed E-state index contributed by atoms with van der Waals surface area (Å²) in [6, 6.07) is 8.20. The quantitative estimate of drug-likeness (QED) is 0.845. The number of aryl methyl sites for hydroxylation is 2. The number of hydrogen-bond acceptors (Lipinski definition) is 3. The summed E-state index contributed by atoms with van der Waals surface area (Å²) in [7, 11) is 0. The van der Waals surface area contributed by atoms with Gasteiger partial charge in [-0.2, -0.15) is 0 Å². The molecular formula is C19H26N2O3. The van der Waals surface area contributed by atoms with Crippen LogP contribution in [-0.4, -0.2) is 60.5 Å². The second kappa shape index (κ2) is 7.79. The minimum Gasteiger partial charge on any atom is -0.368 e. The van der Waals surface area contributed by atoms with Gasteiger partial charge >= 0.3 is 0 Å². The predicted molar refractivity (Wildman–Crippen MR) is 91.6 cm³/mol. The van der Waals surface area contributed by atoms with E-state index in [4.69, 9.17) is 4.74 Å². The van der Waals surface area contributed by atoms with Gasteiger partial charge in [-0.15, -0.1) is 0 Å². The maximum Gasteiger partial charge on any atom is 0.251 e. The zero-order valence-electron chi connectivity index (χ0n) is 14.4. The molecule has 0 saturated carbocycles. The van der Waals surface area contributed by atoms with E-state index in [1.54, 1.807) is 0 Å². The van der Waals surface area contributed by atoms with Gasteiger partial charge in [-0.05, 0) is 37.3 Å². The fourth-order valence-electron chi connectivity index (χ4n) is 3.44. The molecule has 130 valence electrons. The van der Waals surface area contributed by atoms with E-state index in [0.717, 1.165) is 19.3 Å². The van der Waals surface area contributed by atoms with Crippen LogP contribution in [0.15, 0.2) is 24.3 Å². The fraction of sp³-hybridized carbons (Fsp3) is 0.579. The summed E-state index contributed by atoms with van der Waals surface area (Å²) < 4.78 is 5.47. The summed E-state index contributed by atoms with van der Waals surface area (Å²) in [4.78, 5) is 28.5. The van der Waals surface area contributed by atoms with E-state index in [-0.39, 0.29) is 17.9 Å². The molecule has 2 aliphatic heterocycles. The summed E-state index contributed by atoms with van der Waals surface area (Å²) in [5.41, 5.74) is 2.47. The Balaban J connectivity index is 1.45. The lowest BCUT2D eigenvalue weighted by molar-refractivity contribution is -0.146. The standard InChI is InChI=1S/C19H26N2O3/c1-15-5-2-3-6-16(15)8-9-18(22)20-10-12-21(13-11-20)19(23)17-7-4-14-24-17/h2-3,5-6,17H,4,7-14H2,1H3. The van der Waals surface area contributed by atoms with Crippen LogP contribution in [0.1, 0.15) is 30.4 Å². The Labute approximate surface area is 143 Å². The first-order valence-corrected chi connectivity index (χ1v) is 8.88. The average molecular weight is 330 g/mol. The van der Waals surface area contributed by atoms with Crippen LogP contribution in [0.4, 0.5) is 0 Å². The molecule has 2 fully saturated rings. The van der Waals surface area contributed by atoms with E-state index in [0.29, 0.717) is 39.2 Å². The van der Waals surface area contributed by atoms with E-state index < -0.39 is 0 Å². The third-order valence-corrected chi connectivity index (χ3v) is 5.02. The molecule has 1 aromatic rings. The van der Waals surface area contributed by atoms with Crippen molar-refractivity contribution in [3.63, 3.8) is 0 Å². The van der Waals surface area contributed by atoms with Crippen molar-refractivity contribution >= 4 is 11.8 Å². The van der Waals surface area contributed by atoms with Gasteiger partial charge in [-0.1, -0.05) is 24.3 Å². The molecule has 1 aromatic carbocycles. The Kier molecular flexibility index (Phi) is 5.51. The van der Waals surface area contributed by atoms with Gasteiger partial charge in [-0.25, -0.2) is 0 Å². The van der Waals surface area contributed by atoms with Crippen molar-refractivity contribution in [1.82, 2.24) is 9.80 Å². The molecule has 5 heteroatoms. The second-order valence-corrected chi connectivity index (χ2v) is 6.63. The van der Waals surface area contributed by atoms with Gasteiger partial charge in [-0.3, -0.25) is 9.59 Å². The molecular weight excluding hydrogens is 304 g/mol. The van der Waals surface area contributed by atoms with Crippen molar-refractivity contribution in [2.75, 3.05) is 32.8 Å². The van der Waals surface area contributed by atoms with Crippen molar-refractivity contribution in [3.05, 3.63) is 35.4 Å². The highest BCUT2D eigenvalue weighted by atomic mass is 16.5. The first-order valence-electron chi connectivity index (χ1n) is 8.88. The van der Waals surface area contributed by atoms with Crippen molar-refractivity contribution in [1.29, 1.82) is 0 Å². The topological polar surface area (TPSA) is 49.9 Å². The van der Waals surface area contributed by atoms with Crippen LogP contribution in [0.5, 0.6) is 0 Å². The maximum atomic E-state index is 12.4. The summed E-state index contributed by atoms with van der Waals surface area (Å²) >= 11 is 0. The smallest absolute Gasteiger partial charge is 0.251 e. The molecule has 24 heavy (non-hydrogen) atoms. The van der Waals surface area contributed by atoms with Gasteiger partial charge in [0, 0.05) is 39.2 Å². The Bertz CT molecular complexity index is 588. The first-order chi connectivity index (χ1) is 11.6. The molecule has 0 N–H and O–H groups in total. The van der Waals surface area contributed by atoms with Crippen LogP contribution in [0.25, 0.3) is 0 Å². The van der Waals surface area contributed by atoms with Crippen LogP contribution in [0.3, 0.4) is 0 Å². The molecule has 5 nitrogen and oxygen atoms in total. The molecule has 2 amide bonds. The monoisotopic (exact) mass is 330 g/mol. The van der Waals surface area contributed by atoms with Gasteiger partial charge in [0.25, 0.3) is 5.91 Å². The number of amides is 2. The Morgan fingerprint density at radius 2 is 1.83 bits per heavy atom. The van der Waals surface area contributed by atoms with Crippen LogP contribution in [0, 0.1) is 6.92 Å². The van der Waals surface area contributed by atoms with E-state index in [1.165, 1.54) is 11.1 Å². The molecule has 0 radical (unpaired) electrons. The number of ether oxygens (including phenoxy) is 1. The van der Waals surface area contributed by atoms with Gasteiger partial charge < -0.3 is 14.5 Å². The highest BCUT2D eigenvalue weighted by Gasteiger charge is 2.31. The molecule has 0 aromatic heterocycles. The zero-order valence-corrected chi connectivity index (χ0v) is 14.4. The number of piperazine rings is 1. The van der Waals surface area contributed by atoms with Crippen molar-refractivity contribution < 1.29 is 14.3 Å². The highest BCUT2D eigenvalue weighted by Crippen LogP contribution is 2.16. The van der Waals surface area contributed by atoms with Crippen LogP contribution in [-0.2, 0) is 20.7 Å². The lowest BCUT2D eigenvalue weighted by Crippen LogP contribution is -2.52. The second-order valence-electron chi connectivity index (χ2n) is 6.63. The van der Waals surface area contributed by atoms with Crippen molar-refractivity contribution in [2.24, 2.45) is 0 Å². The number of benzene rings is 1. The van der Waals surface area contributed by atoms with E-state index in [9.17, 15) is 9.59 Å². The average Bonchev–Trinajstić information content (AvgIpc) is 3.15. The van der Waals surface area contributed by atoms with Crippen molar-refractivity contribution in [3.8, 4) is 0 Å². The van der Waals surface area contributed by atoms with E-state index >= 15 is 0 Å². The Morgan fingerprint density at radius 1 is 1.12 bits per heavy atom. The lowest BCUT2D eigenvalue weighted by atomic mass is 10.0. The van der Waals surface area contributed by atoms with Gasteiger partial charge in [0.1, 0.15) is 6.10 Å². The van der Waals surface area contributed by atoms with Crippen molar-refractivity contribution in [2.45, 2.75) is 38.7 Å². The normalized spacial score (nSPS) is 21.1. The Morgan fingerprint density at radius 3 is 2.50 bits per heavy atom. The molecule has 2 saturated heterocycles. The van der Waals surface area contributed by atoms with Gasteiger partial charge in [0.05, 0.1) is 0 Å². The fourth-order valence-corrected chi connectivity index (χ4v) is 3.44. The minimum absolute atomic E-state index is 0.0968. The van der Waals surface area contributed by atoms with Crippen LogP contribution < -0.4 is 0 Å². The number of hydrogen-bond donors (Lipinski definition) is 0. The number of carbonyl (C=O) groups excluding carboxylic acids is 2. The predicted octanol–water partition coefficient (Wildman–Crippen LogP) is 1.78. The molecule has 3 rings (SSSR count). The molecule has 0 spiro atoms. The number of carbonyl (C=O) groups is 2. The molecule has 1 unspecified atom stereocenters. The van der Waals surface area contributed by atoms with E-state index in [1.807, 2.05) is 21.9 Å². The zero-order chi connectivity index (χ0) is 16.9. The molecule has 1 atom stereocenters. The molecule has 0 bridgehead atoms. The molecule has 0 aliphatic carbocycles. The number of nitrogens with zero attached hydrogens (tertiary/aromatic N) is 2. The summed E-state index contributed by atoms with van der Waals surface area (Å²) in [5, 5.41) is 0. The molecule has 2 aliphatic rings. The largest absolute Gasteiger partial charge is 0.368 e. The third kappa shape index (κ3) is 3.96. The summed E-state index contributed by atoms with van der Waals surface area (Å²) in [5.74, 6) is 0.280. The minimum atomic E-state index is -0.256. The van der Waals surface area contributed by atoms with Crippen LogP contribution in [0.2, 0.25) is 0 Å². The summed E-state index contributed by atoms with van der Waals surface area (Å²) in [6.45, 7) is 5.27. The van der Waals surface area contributed by atoms with Gasteiger partial charge in [0.15, 0.2) is 0 Å². The number of rotatable bonds is 4. The lowest BCUT2D eigenvalue weighted by Gasteiger charge is -2.35. The maximum absolute atomic E-state index is 12.4. The Hall–Kier alpha value is -1.88. The SMILES string of the molecule is Cc1ccccc1CCC(=O)N1CCN(C(=O)C2CCCO2)CC1.